The predicted octanol–water partition coefficient (Wildman–Crippen LogP) is 4.05. The van der Waals surface area contributed by atoms with Crippen molar-refractivity contribution in [1.82, 2.24) is 20.2 Å². The molecule has 7 nitrogen and oxygen atoms in total. The molecule has 0 bridgehead atoms. The highest BCUT2D eigenvalue weighted by Gasteiger charge is 2.18. The Hall–Kier alpha value is -3.00. The third kappa shape index (κ3) is 6.24. The van der Waals surface area contributed by atoms with E-state index in [1.807, 2.05) is 61.5 Å². The van der Waals surface area contributed by atoms with Crippen LogP contribution in [0.1, 0.15) is 38.8 Å². The fourth-order valence-electron chi connectivity index (χ4n) is 3.24. The van der Waals surface area contributed by atoms with Gasteiger partial charge in [0.1, 0.15) is 5.75 Å². The molecule has 3 rings (SSSR count). The maximum absolute atomic E-state index is 12.6. The van der Waals surface area contributed by atoms with Crippen molar-refractivity contribution in [3.05, 3.63) is 60.2 Å². The molecule has 0 aliphatic carbocycles. The molecule has 1 atom stereocenters. The zero-order valence-corrected chi connectivity index (χ0v) is 18.9. The van der Waals surface area contributed by atoms with E-state index in [4.69, 9.17) is 10.6 Å². The van der Waals surface area contributed by atoms with Crippen molar-refractivity contribution in [3.63, 3.8) is 0 Å². The van der Waals surface area contributed by atoms with Crippen LogP contribution < -0.4 is 15.9 Å². The average Bonchev–Trinajstić information content (AvgIpc) is 3.13. The van der Waals surface area contributed by atoms with Gasteiger partial charge in [0.25, 0.3) is 0 Å². The van der Waals surface area contributed by atoms with Gasteiger partial charge in [0.2, 0.25) is 11.1 Å². The third-order valence-electron chi connectivity index (χ3n) is 4.66. The predicted molar refractivity (Wildman–Crippen MR) is 124 cm³/mol. The van der Waals surface area contributed by atoms with Gasteiger partial charge in [0.15, 0.2) is 5.82 Å². The van der Waals surface area contributed by atoms with Gasteiger partial charge in [-0.25, -0.2) is 4.68 Å². The molecule has 0 spiro atoms. The Labute approximate surface area is 187 Å². The Balaban J connectivity index is 1.62. The number of benzene rings is 2. The molecule has 8 heteroatoms. The van der Waals surface area contributed by atoms with Crippen LogP contribution in [0.3, 0.4) is 0 Å². The fraction of sp³-hybridized carbons (Fsp3) is 0.348. The number of nitrogens with one attached hydrogen (secondary N) is 1. The lowest BCUT2D eigenvalue weighted by atomic mass is 9.97. The Morgan fingerprint density at radius 3 is 2.48 bits per heavy atom. The maximum Gasteiger partial charge on any atom is 0.230 e. The van der Waals surface area contributed by atoms with Crippen molar-refractivity contribution in [2.45, 2.75) is 38.4 Å². The number of hydrogen-bond donors (Lipinski definition) is 2. The zero-order valence-electron chi connectivity index (χ0n) is 18.1. The summed E-state index contributed by atoms with van der Waals surface area (Å²) in [6.45, 7) is 6.85. The van der Waals surface area contributed by atoms with E-state index in [2.05, 4.69) is 29.4 Å². The van der Waals surface area contributed by atoms with Crippen molar-refractivity contribution in [2.75, 3.05) is 18.2 Å². The molecule has 0 fully saturated rings. The summed E-state index contributed by atoms with van der Waals surface area (Å²) in [6.07, 6.45) is 0.870. The molecular formula is C23H29N5O2S. The van der Waals surface area contributed by atoms with Crippen LogP contribution in [0.15, 0.2) is 59.8 Å². The second-order valence-corrected chi connectivity index (χ2v) is 8.53. The molecule has 0 aliphatic heterocycles. The van der Waals surface area contributed by atoms with Gasteiger partial charge in [-0.3, -0.25) is 4.79 Å². The van der Waals surface area contributed by atoms with Crippen LogP contribution in [-0.2, 0) is 4.79 Å². The monoisotopic (exact) mass is 439 g/mol. The van der Waals surface area contributed by atoms with Gasteiger partial charge < -0.3 is 15.9 Å². The molecule has 0 saturated heterocycles. The largest absolute Gasteiger partial charge is 0.494 e. The number of ether oxygens (including phenoxy) is 1. The smallest absolute Gasteiger partial charge is 0.230 e. The lowest BCUT2D eigenvalue weighted by Gasteiger charge is -2.21. The number of amides is 1. The molecule has 1 heterocycles. The second-order valence-electron chi connectivity index (χ2n) is 7.58. The van der Waals surface area contributed by atoms with Crippen LogP contribution in [0, 0.1) is 5.92 Å². The summed E-state index contributed by atoms with van der Waals surface area (Å²) in [5.74, 6) is 8.11. The van der Waals surface area contributed by atoms with Gasteiger partial charge >= 0.3 is 0 Å². The van der Waals surface area contributed by atoms with Crippen LogP contribution in [-0.4, -0.2) is 33.1 Å². The van der Waals surface area contributed by atoms with E-state index in [0.29, 0.717) is 23.5 Å². The number of thioether (sulfide) groups is 1. The van der Waals surface area contributed by atoms with Gasteiger partial charge in [-0.2, -0.15) is 0 Å². The van der Waals surface area contributed by atoms with Crippen molar-refractivity contribution in [1.29, 1.82) is 0 Å². The maximum atomic E-state index is 12.6. The summed E-state index contributed by atoms with van der Waals surface area (Å²) in [6, 6.07) is 17.5. The van der Waals surface area contributed by atoms with Gasteiger partial charge in [-0.1, -0.05) is 55.9 Å². The molecule has 2 aromatic carbocycles. The number of nitrogens with zero attached hydrogens (tertiary/aromatic N) is 3. The van der Waals surface area contributed by atoms with Crippen molar-refractivity contribution >= 4 is 17.7 Å². The molecule has 3 N–H and O–H groups in total. The lowest BCUT2D eigenvalue weighted by molar-refractivity contribution is -0.119. The number of nitrogen functional groups attached to an aromatic ring is 1. The topological polar surface area (TPSA) is 95.1 Å². The number of rotatable bonds is 10. The highest BCUT2D eigenvalue weighted by molar-refractivity contribution is 7.99. The molecule has 1 unspecified atom stereocenters. The molecule has 1 aromatic heterocycles. The zero-order chi connectivity index (χ0) is 22.2. The van der Waals surface area contributed by atoms with Gasteiger partial charge in [-0.05, 0) is 49.1 Å². The summed E-state index contributed by atoms with van der Waals surface area (Å²) in [5.41, 5.74) is 1.94. The normalized spacial score (nSPS) is 12.0. The summed E-state index contributed by atoms with van der Waals surface area (Å²) in [5, 5.41) is 12.0. The molecule has 0 aliphatic rings. The van der Waals surface area contributed by atoms with E-state index in [0.717, 1.165) is 23.3 Å². The van der Waals surface area contributed by atoms with Crippen LogP contribution in [0.2, 0.25) is 0 Å². The van der Waals surface area contributed by atoms with E-state index < -0.39 is 0 Å². The van der Waals surface area contributed by atoms with Gasteiger partial charge in [-0.15, -0.1) is 10.2 Å². The summed E-state index contributed by atoms with van der Waals surface area (Å²) in [4.78, 5) is 12.6. The minimum atomic E-state index is -0.0647. The molecule has 31 heavy (non-hydrogen) atoms. The molecule has 3 aromatic rings. The van der Waals surface area contributed by atoms with E-state index in [9.17, 15) is 4.79 Å². The Morgan fingerprint density at radius 2 is 1.84 bits per heavy atom. The molecule has 164 valence electrons. The van der Waals surface area contributed by atoms with Gasteiger partial charge in [0.05, 0.1) is 18.4 Å². The number of hydrogen-bond acceptors (Lipinski definition) is 6. The molecule has 0 saturated carbocycles. The minimum absolute atomic E-state index is 0.0236. The number of nitrogens with two attached hydrogens (primary N) is 1. The van der Waals surface area contributed by atoms with Crippen LogP contribution in [0.4, 0.5) is 0 Å². The summed E-state index contributed by atoms with van der Waals surface area (Å²) in [7, 11) is 0. The quantitative estimate of drug-likeness (QED) is 0.365. The van der Waals surface area contributed by atoms with Crippen molar-refractivity contribution in [2.24, 2.45) is 5.92 Å². The van der Waals surface area contributed by atoms with Crippen LogP contribution >= 0.6 is 11.8 Å². The van der Waals surface area contributed by atoms with Crippen LogP contribution in [0.25, 0.3) is 11.4 Å². The first-order valence-corrected chi connectivity index (χ1v) is 11.4. The lowest BCUT2D eigenvalue weighted by Crippen LogP contribution is -2.31. The summed E-state index contributed by atoms with van der Waals surface area (Å²) < 4.78 is 6.88. The Bertz CT molecular complexity index is 973. The van der Waals surface area contributed by atoms with Gasteiger partial charge in [0, 0.05) is 5.56 Å². The second kappa shape index (κ2) is 10.9. The average molecular weight is 440 g/mol. The molecule has 0 radical (unpaired) electrons. The SMILES string of the molecule is CCOc1ccc(-c2nnc(SCC(=O)NC(CC(C)C)c3ccccc3)n2N)cc1. The third-order valence-corrected chi connectivity index (χ3v) is 5.61. The highest BCUT2D eigenvalue weighted by Crippen LogP contribution is 2.25. The van der Waals surface area contributed by atoms with E-state index >= 15 is 0 Å². The van der Waals surface area contributed by atoms with E-state index in [-0.39, 0.29) is 17.7 Å². The van der Waals surface area contributed by atoms with Crippen molar-refractivity contribution < 1.29 is 9.53 Å². The van der Waals surface area contributed by atoms with E-state index in [1.165, 1.54) is 16.4 Å². The highest BCUT2D eigenvalue weighted by atomic mass is 32.2. The first kappa shape index (κ1) is 22.7. The fourth-order valence-corrected chi connectivity index (χ4v) is 3.91. The standard InChI is InChI=1S/C23H29N5O2S/c1-4-30-19-12-10-18(11-13-19)22-26-27-23(28(22)24)31-15-21(29)25-20(14-16(2)3)17-8-6-5-7-9-17/h5-13,16,20H,4,14-15,24H2,1-3H3,(H,25,29). The number of carbonyl (C=O) groups excluding carboxylic acids is 1. The molecule has 1 amide bonds. The minimum Gasteiger partial charge on any atom is -0.494 e. The molecular weight excluding hydrogens is 410 g/mol. The Morgan fingerprint density at radius 1 is 1.13 bits per heavy atom. The Kier molecular flexibility index (Phi) is 7.94. The number of carbonyl (C=O) groups is 1. The van der Waals surface area contributed by atoms with E-state index in [1.54, 1.807) is 0 Å². The first-order valence-electron chi connectivity index (χ1n) is 10.4. The first-order chi connectivity index (χ1) is 15.0. The van der Waals surface area contributed by atoms with Crippen LogP contribution in [0.5, 0.6) is 5.75 Å². The van der Waals surface area contributed by atoms with Crippen molar-refractivity contribution in [3.8, 4) is 17.1 Å². The summed E-state index contributed by atoms with van der Waals surface area (Å²) >= 11 is 1.27. The number of aromatic nitrogens is 3.